The minimum Gasteiger partial charge on any atom is -0.461 e. The van der Waals surface area contributed by atoms with E-state index in [0.717, 1.165) is 11.1 Å². The maximum absolute atomic E-state index is 9.52. The Balaban J connectivity index is 1.44. The molecule has 0 atom stereocenters. The quantitative estimate of drug-likeness (QED) is 0.150. The molecule has 11 heteroatoms. The third-order valence-electron chi connectivity index (χ3n) is 5.41. The lowest BCUT2D eigenvalue weighted by Crippen LogP contribution is -2.37. The number of hydrogen-bond donors (Lipinski definition) is 2. The highest BCUT2D eigenvalue weighted by molar-refractivity contribution is 5.82. The van der Waals surface area contributed by atoms with E-state index < -0.39 is 0 Å². The van der Waals surface area contributed by atoms with Crippen molar-refractivity contribution in [1.29, 1.82) is 5.26 Å². The van der Waals surface area contributed by atoms with Crippen molar-refractivity contribution in [3.8, 4) is 12.2 Å². The molecule has 1 aliphatic rings. The van der Waals surface area contributed by atoms with Gasteiger partial charge in [0.05, 0.1) is 31.7 Å². The van der Waals surface area contributed by atoms with Crippen molar-refractivity contribution in [1.82, 2.24) is 14.9 Å². The Hall–Kier alpha value is -4.69. The van der Waals surface area contributed by atoms with Crippen LogP contribution in [-0.4, -0.2) is 66.5 Å². The summed E-state index contributed by atoms with van der Waals surface area (Å²) >= 11 is 0. The van der Waals surface area contributed by atoms with Gasteiger partial charge in [-0.3, -0.25) is 5.43 Å². The van der Waals surface area contributed by atoms with E-state index in [1.54, 1.807) is 18.3 Å². The SMILES string of the molecule is Cc1cccc(C=NNc2cc(N3CCOCC3)nc(OCCN(C#N)C(N)=Nc3ccccc3)n2)c1. The number of aryl methyl sites for hydroxylation is 1. The minimum atomic E-state index is 0.0770. The fourth-order valence-electron chi connectivity index (χ4n) is 3.55. The fraction of sp³-hybridized carbons (Fsp3) is 0.269. The van der Waals surface area contributed by atoms with Crippen LogP contribution in [0.25, 0.3) is 0 Å². The number of nitrogens with one attached hydrogen (secondary N) is 1. The van der Waals surface area contributed by atoms with Crippen LogP contribution in [0.2, 0.25) is 0 Å². The molecular weight excluding hydrogens is 470 g/mol. The van der Waals surface area contributed by atoms with Crippen LogP contribution in [0.4, 0.5) is 17.3 Å². The van der Waals surface area contributed by atoms with Crippen molar-refractivity contribution in [2.75, 3.05) is 49.8 Å². The zero-order valence-electron chi connectivity index (χ0n) is 20.6. The van der Waals surface area contributed by atoms with E-state index >= 15 is 0 Å². The lowest BCUT2D eigenvalue weighted by atomic mass is 10.2. The molecule has 0 spiro atoms. The summed E-state index contributed by atoms with van der Waals surface area (Å²) in [6.45, 7) is 4.97. The van der Waals surface area contributed by atoms with Crippen molar-refractivity contribution < 1.29 is 9.47 Å². The largest absolute Gasteiger partial charge is 0.461 e. The molecule has 0 aliphatic carbocycles. The Morgan fingerprint density at radius 1 is 1.19 bits per heavy atom. The number of hydrogen-bond acceptors (Lipinski definition) is 9. The summed E-state index contributed by atoms with van der Waals surface area (Å²) in [4.78, 5) is 16.6. The molecule has 0 radical (unpaired) electrons. The predicted octanol–water partition coefficient (Wildman–Crippen LogP) is 2.88. The highest BCUT2D eigenvalue weighted by atomic mass is 16.5. The number of morpholine rings is 1. The van der Waals surface area contributed by atoms with E-state index in [1.807, 2.05) is 61.6 Å². The van der Waals surface area contributed by atoms with Crippen LogP contribution in [-0.2, 0) is 4.74 Å². The predicted molar refractivity (Wildman–Crippen MR) is 143 cm³/mol. The lowest BCUT2D eigenvalue weighted by molar-refractivity contribution is 0.122. The molecule has 11 nitrogen and oxygen atoms in total. The second-order valence-corrected chi connectivity index (χ2v) is 8.18. The molecule has 3 N–H and O–H groups in total. The molecule has 37 heavy (non-hydrogen) atoms. The van der Waals surface area contributed by atoms with Crippen LogP contribution < -0.4 is 20.8 Å². The molecule has 1 aromatic heterocycles. The smallest absolute Gasteiger partial charge is 0.320 e. The number of guanidine groups is 1. The fourth-order valence-corrected chi connectivity index (χ4v) is 3.55. The summed E-state index contributed by atoms with van der Waals surface area (Å²) in [6.07, 6.45) is 3.76. The van der Waals surface area contributed by atoms with Crippen LogP contribution in [0.1, 0.15) is 11.1 Å². The first-order chi connectivity index (χ1) is 18.1. The van der Waals surface area contributed by atoms with Gasteiger partial charge in [-0.25, -0.2) is 9.89 Å². The van der Waals surface area contributed by atoms with Crippen molar-refractivity contribution in [2.24, 2.45) is 15.8 Å². The first-order valence-corrected chi connectivity index (χ1v) is 11.9. The van der Waals surface area contributed by atoms with E-state index in [1.165, 1.54) is 4.90 Å². The molecule has 1 saturated heterocycles. The number of aliphatic imine (C=N–C) groups is 1. The number of nitriles is 1. The first-order valence-electron chi connectivity index (χ1n) is 11.9. The van der Waals surface area contributed by atoms with Crippen molar-refractivity contribution in [3.05, 3.63) is 71.8 Å². The average molecular weight is 500 g/mol. The number of nitrogens with two attached hydrogens (primary N) is 1. The van der Waals surface area contributed by atoms with Crippen molar-refractivity contribution in [2.45, 2.75) is 6.92 Å². The molecule has 3 aromatic rings. The molecule has 1 aliphatic heterocycles. The third kappa shape index (κ3) is 7.65. The number of nitrogens with zero attached hydrogens (tertiary/aromatic N) is 7. The second kappa shape index (κ2) is 12.9. The van der Waals surface area contributed by atoms with Gasteiger partial charge >= 0.3 is 6.01 Å². The summed E-state index contributed by atoms with van der Waals surface area (Å²) in [5.74, 6) is 1.26. The van der Waals surface area contributed by atoms with Crippen molar-refractivity contribution in [3.63, 3.8) is 0 Å². The second-order valence-electron chi connectivity index (χ2n) is 8.18. The van der Waals surface area contributed by atoms with Crippen LogP contribution in [0, 0.1) is 18.4 Å². The third-order valence-corrected chi connectivity index (χ3v) is 5.41. The number of para-hydroxylation sites is 1. The molecule has 0 bridgehead atoms. The molecule has 190 valence electrons. The molecule has 1 fully saturated rings. The van der Waals surface area contributed by atoms with Gasteiger partial charge in [0, 0.05) is 19.2 Å². The van der Waals surface area contributed by atoms with Gasteiger partial charge in [0.2, 0.25) is 5.96 Å². The Morgan fingerprint density at radius 2 is 2.00 bits per heavy atom. The van der Waals surface area contributed by atoms with E-state index in [-0.39, 0.29) is 25.1 Å². The topological polar surface area (TPSA) is 137 Å². The van der Waals surface area contributed by atoms with Gasteiger partial charge < -0.3 is 20.1 Å². The maximum atomic E-state index is 9.52. The summed E-state index contributed by atoms with van der Waals surface area (Å²) in [5, 5.41) is 13.8. The minimum absolute atomic E-state index is 0.0770. The van der Waals surface area contributed by atoms with Crippen LogP contribution in [0.15, 0.2) is 70.8 Å². The van der Waals surface area contributed by atoms with Gasteiger partial charge in [-0.15, -0.1) is 0 Å². The standard InChI is InChI=1S/C26H29N9O2/c1-20-6-5-7-21(16-20)18-29-33-23-17-24(34-10-13-36-14-11-34)32-26(31-23)37-15-12-35(19-27)25(28)30-22-8-3-2-4-9-22/h2-9,16-18H,10-15H2,1H3,(H2,28,30)(H,31,32,33). The number of anilines is 2. The first kappa shape index (κ1) is 25.4. The Kier molecular flexibility index (Phi) is 8.82. The molecule has 4 rings (SSSR count). The zero-order valence-corrected chi connectivity index (χ0v) is 20.6. The molecule has 0 unspecified atom stereocenters. The number of hydrazone groups is 1. The summed E-state index contributed by atoms with van der Waals surface area (Å²) in [7, 11) is 0. The molecular formula is C26H29N9O2. The van der Waals surface area contributed by atoms with E-state index in [9.17, 15) is 5.26 Å². The van der Waals surface area contributed by atoms with Crippen LogP contribution in [0.3, 0.4) is 0 Å². The molecule has 0 amide bonds. The number of benzene rings is 2. The molecule has 2 heterocycles. The highest BCUT2D eigenvalue weighted by Gasteiger charge is 2.16. The lowest BCUT2D eigenvalue weighted by Gasteiger charge is -2.28. The van der Waals surface area contributed by atoms with Gasteiger partial charge in [-0.05, 0) is 24.6 Å². The van der Waals surface area contributed by atoms with E-state index in [2.05, 4.69) is 30.4 Å². The number of rotatable bonds is 9. The summed E-state index contributed by atoms with van der Waals surface area (Å²) in [5.41, 5.74) is 11.8. The maximum Gasteiger partial charge on any atom is 0.320 e. The number of ether oxygens (including phenoxy) is 2. The Morgan fingerprint density at radius 3 is 2.76 bits per heavy atom. The molecule has 2 aromatic carbocycles. The van der Waals surface area contributed by atoms with E-state index in [4.69, 9.17) is 15.2 Å². The van der Waals surface area contributed by atoms with Gasteiger partial charge in [-0.1, -0.05) is 48.0 Å². The van der Waals surface area contributed by atoms with Gasteiger partial charge in [-0.2, -0.15) is 20.3 Å². The highest BCUT2D eigenvalue weighted by Crippen LogP contribution is 2.21. The van der Waals surface area contributed by atoms with Crippen molar-refractivity contribution >= 4 is 29.5 Å². The Bertz CT molecular complexity index is 1270. The monoisotopic (exact) mass is 499 g/mol. The summed E-state index contributed by atoms with van der Waals surface area (Å²) < 4.78 is 11.3. The average Bonchev–Trinajstić information content (AvgIpc) is 2.92. The number of aromatic nitrogens is 2. The van der Waals surface area contributed by atoms with Gasteiger partial charge in [0.25, 0.3) is 0 Å². The normalized spacial score (nSPS) is 13.8. The zero-order chi connectivity index (χ0) is 25.9. The van der Waals surface area contributed by atoms with Gasteiger partial charge in [0.1, 0.15) is 12.4 Å². The Labute approximate surface area is 215 Å². The molecule has 0 saturated carbocycles. The van der Waals surface area contributed by atoms with Crippen LogP contribution >= 0.6 is 0 Å². The van der Waals surface area contributed by atoms with E-state index in [0.29, 0.717) is 43.6 Å². The summed E-state index contributed by atoms with van der Waals surface area (Å²) in [6, 6.07) is 19.2. The van der Waals surface area contributed by atoms with Crippen LogP contribution in [0.5, 0.6) is 6.01 Å². The van der Waals surface area contributed by atoms with Gasteiger partial charge in [0.15, 0.2) is 12.0 Å².